The lowest BCUT2D eigenvalue weighted by molar-refractivity contribution is -0.138. The van der Waals surface area contributed by atoms with Crippen LogP contribution in [0.15, 0.2) is 0 Å². The largest absolute Gasteiger partial charge is 0.336 e. The van der Waals surface area contributed by atoms with E-state index in [1.807, 2.05) is 11.8 Å². The number of nitrogens with zero attached hydrogens (tertiary/aromatic N) is 1. The van der Waals surface area contributed by atoms with Gasteiger partial charge in [-0.2, -0.15) is 0 Å². The molecule has 0 aromatic rings. The number of hydrogen-bond donors (Lipinski definition) is 0. The highest BCUT2D eigenvalue weighted by molar-refractivity contribution is 5.85. The van der Waals surface area contributed by atoms with Crippen molar-refractivity contribution in [1.29, 1.82) is 0 Å². The van der Waals surface area contributed by atoms with E-state index in [0.29, 0.717) is 25.0 Å². The van der Waals surface area contributed by atoms with E-state index in [2.05, 4.69) is 0 Å². The predicted molar refractivity (Wildman–Crippen MR) is 52.8 cm³/mol. The molecule has 2 aliphatic rings. The summed E-state index contributed by atoms with van der Waals surface area (Å²) in [5.41, 5.74) is 0. The van der Waals surface area contributed by atoms with Gasteiger partial charge in [0.25, 0.3) is 0 Å². The summed E-state index contributed by atoms with van der Waals surface area (Å²) in [6, 6.07) is 0.473. The predicted octanol–water partition coefficient (Wildman–Crippen LogP) is 1.51. The van der Waals surface area contributed by atoms with Gasteiger partial charge in [-0.05, 0) is 19.3 Å². The first kappa shape index (κ1) is 9.69. The van der Waals surface area contributed by atoms with Crippen molar-refractivity contribution in [1.82, 2.24) is 4.90 Å². The van der Waals surface area contributed by atoms with Gasteiger partial charge >= 0.3 is 0 Å². The van der Waals surface area contributed by atoms with Crippen LogP contribution >= 0.6 is 0 Å². The molecule has 0 saturated carbocycles. The Hall–Kier alpha value is -0.860. The van der Waals surface area contributed by atoms with Crippen LogP contribution in [-0.2, 0) is 9.59 Å². The second kappa shape index (κ2) is 3.71. The van der Waals surface area contributed by atoms with Crippen LogP contribution in [0.1, 0.15) is 45.4 Å². The van der Waals surface area contributed by atoms with Gasteiger partial charge in [-0.15, -0.1) is 0 Å². The molecular formula is C11H17NO2. The first-order chi connectivity index (χ1) is 6.72. The minimum atomic E-state index is 0.236. The van der Waals surface area contributed by atoms with Crippen molar-refractivity contribution < 1.29 is 9.59 Å². The van der Waals surface area contributed by atoms with E-state index >= 15 is 0 Å². The lowest BCUT2D eigenvalue weighted by Crippen LogP contribution is -2.46. The average molecular weight is 195 g/mol. The van der Waals surface area contributed by atoms with Crippen molar-refractivity contribution in [3.8, 4) is 0 Å². The minimum Gasteiger partial charge on any atom is -0.336 e. The zero-order valence-corrected chi connectivity index (χ0v) is 8.66. The van der Waals surface area contributed by atoms with E-state index in [1.54, 1.807) is 0 Å². The highest BCUT2D eigenvalue weighted by Crippen LogP contribution is 2.34. The topological polar surface area (TPSA) is 37.4 Å². The summed E-state index contributed by atoms with van der Waals surface area (Å²) >= 11 is 0. The molecule has 1 amide bonds. The van der Waals surface area contributed by atoms with Crippen LogP contribution in [0.5, 0.6) is 0 Å². The first-order valence-corrected chi connectivity index (χ1v) is 5.55. The van der Waals surface area contributed by atoms with Crippen LogP contribution in [-0.4, -0.2) is 28.7 Å². The molecule has 14 heavy (non-hydrogen) atoms. The summed E-state index contributed by atoms with van der Waals surface area (Å²) in [4.78, 5) is 25.1. The Morgan fingerprint density at radius 3 is 2.43 bits per heavy atom. The Kier molecular flexibility index (Phi) is 2.57. The molecule has 0 aromatic heterocycles. The molecule has 2 saturated heterocycles. The molecule has 0 radical (unpaired) electrons. The van der Waals surface area contributed by atoms with Crippen LogP contribution in [0, 0.1) is 0 Å². The molecule has 2 aliphatic heterocycles. The Bertz CT molecular complexity index is 246. The van der Waals surface area contributed by atoms with Gasteiger partial charge in [-0.1, -0.05) is 6.92 Å². The second-order valence-electron chi connectivity index (χ2n) is 4.38. The van der Waals surface area contributed by atoms with Gasteiger partial charge in [0.1, 0.15) is 5.78 Å². The Balaban J connectivity index is 2.07. The van der Waals surface area contributed by atoms with Gasteiger partial charge in [0.15, 0.2) is 0 Å². The maximum atomic E-state index is 11.8. The fourth-order valence-corrected chi connectivity index (χ4v) is 2.72. The minimum absolute atomic E-state index is 0.236. The molecule has 2 atom stereocenters. The van der Waals surface area contributed by atoms with Crippen molar-refractivity contribution in [2.45, 2.75) is 57.5 Å². The molecule has 78 valence electrons. The van der Waals surface area contributed by atoms with Gasteiger partial charge in [-0.3, -0.25) is 9.59 Å². The number of amides is 1. The molecule has 2 rings (SSSR count). The molecule has 2 bridgehead atoms. The van der Waals surface area contributed by atoms with Crippen molar-refractivity contribution in [3.63, 3.8) is 0 Å². The van der Waals surface area contributed by atoms with Gasteiger partial charge in [-0.25, -0.2) is 0 Å². The summed E-state index contributed by atoms with van der Waals surface area (Å²) < 4.78 is 0. The Morgan fingerprint density at radius 1 is 1.36 bits per heavy atom. The molecule has 2 fully saturated rings. The summed E-state index contributed by atoms with van der Waals surface area (Å²) in [7, 11) is 0. The third-order valence-electron chi connectivity index (χ3n) is 3.30. The van der Waals surface area contributed by atoms with E-state index in [9.17, 15) is 9.59 Å². The van der Waals surface area contributed by atoms with Crippen molar-refractivity contribution in [3.05, 3.63) is 0 Å². The maximum absolute atomic E-state index is 11.8. The van der Waals surface area contributed by atoms with E-state index in [-0.39, 0.29) is 18.0 Å². The van der Waals surface area contributed by atoms with Gasteiger partial charge < -0.3 is 4.90 Å². The molecule has 2 heterocycles. The van der Waals surface area contributed by atoms with Crippen LogP contribution in [0.25, 0.3) is 0 Å². The number of fused-ring (bicyclic) bond motifs is 2. The SMILES string of the molecule is CCCC(=O)N1C2CCC1CC(=O)C2. The number of ketones is 1. The van der Waals surface area contributed by atoms with Crippen molar-refractivity contribution in [2.24, 2.45) is 0 Å². The van der Waals surface area contributed by atoms with Crippen molar-refractivity contribution >= 4 is 11.7 Å². The monoisotopic (exact) mass is 195 g/mol. The number of rotatable bonds is 2. The summed E-state index contributed by atoms with van der Waals surface area (Å²) in [6.07, 6.45) is 4.82. The Labute approximate surface area is 84.5 Å². The second-order valence-corrected chi connectivity index (χ2v) is 4.38. The molecule has 3 nitrogen and oxygen atoms in total. The third-order valence-corrected chi connectivity index (χ3v) is 3.30. The summed E-state index contributed by atoms with van der Waals surface area (Å²) in [5.74, 6) is 0.602. The van der Waals surface area contributed by atoms with Crippen LogP contribution in [0.4, 0.5) is 0 Å². The molecule has 2 unspecified atom stereocenters. The summed E-state index contributed by atoms with van der Waals surface area (Å²) in [6.45, 7) is 2.02. The molecule has 0 aromatic carbocycles. The smallest absolute Gasteiger partial charge is 0.223 e. The van der Waals surface area contributed by atoms with Crippen LogP contribution in [0.2, 0.25) is 0 Å². The highest BCUT2D eigenvalue weighted by Gasteiger charge is 2.41. The van der Waals surface area contributed by atoms with E-state index < -0.39 is 0 Å². The van der Waals surface area contributed by atoms with E-state index in [0.717, 1.165) is 19.3 Å². The van der Waals surface area contributed by atoms with Crippen LogP contribution < -0.4 is 0 Å². The first-order valence-electron chi connectivity index (χ1n) is 5.55. The van der Waals surface area contributed by atoms with Gasteiger partial charge in [0, 0.05) is 31.3 Å². The number of carbonyl (C=O) groups is 2. The molecule has 0 aliphatic carbocycles. The van der Waals surface area contributed by atoms with Crippen LogP contribution in [0.3, 0.4) is 0 Å². The number of Topliss-reactive ketones (excluding diaryl/α,β-unsaturated/α-hetero) is 1. The fourth-order valence-electron chi connectivity index (χ4n) is 2.72. The molecule has 0 N–H and O–H groups in total. The maximum Gasteiger partial charge on any atom is 0.223 e. The van der Waals surface area contributed by atoms with Gasteiger partial charge in [0.2, 0.25) is 5.91 Å². The standard InChI is InChI=1S/C11H17NO2/c1-2-3-11(14)12-8-4-5-9(12)7-10(13)6-8/h8-9H,2-7H2,1H3. The van der Waals surface area contributed by atoms with E-state index in [1.165, 1.54) is 0 Å². The van der Waals surface area contributed by atoms with Crippen molar-refractivity contribution in [2.75, 3.05) is 0 Å². The highest BCUT2D eigenvalue weighted by atomic mass is 16.2. The molecule has 0 spiro atoms. The zero-order chi connectivity index (χ0) is 10.1. The number of carbonyl (C=O) groups excluding carboxylic acids is 2. The average Bonchev–Trinajstić information content (AvgIpc) is 2.39. The fraction of sp³-hybridized carbons (Fsp3) is 0.818. The van der Waals surface area contributed by atoms with Gasteiger partial charge in [0.05, 0.1) is 0 Å². The Morgan fingerprint density at radius 2 is 1.93 bits per heavy atom. The van der Waals surface area contributed by atoms with E-state index in [4.69, 9.17) is 0 Å². The molecular weight excluding hydrogens is 178 g/mol. The third kappa shape index (κ3) is 1.56. The zero-order valence-electron chi connectivity index (χ0n) is 8.66. The quantitative estimate of drug-likeness (QED) is 0.669. The lowest BCUT2D eigenvalue weighted by atomic mass is 10.0. The number of hydrogen-bond acceptors (Lipinski definition) is 2. The molecule has 3 heteroatoms. The normalized spacial score (nSPS) is 30.9. The number of piperidine rings is 1. The summed E-state index contributed by atoms with van der Waals surface area (Å²) in [5, 5.41) is 0. The lowest BCUT2D eigenvalue weighted by Gasteiger charge is -2.34.